The highest BCUT2D eigenvalue weighted by Crippen LogP contribution is 2.33. The number of aromatic nitrogens is 2. The van der Waals surface area contributed by atoms with Crippen LogP contribution in [0.5, 0.6) is 0 Å². The number of nitrogens with zero attached hydrogens (tertiary/aromatic N) is 2. The maximum absolute atomic E-state index is 4.58. The lowest BCUT2D eigenvalue weighted by Crippen LogP contribution is -2.32. The average Bonchev–Trinajstić information content (AvgIpc) is 2.85. The number of imidazole rings is 1. The first-order valence-electron chi connectivity index (χ1n) is 7.11. The van der Waals surface area contributed by atoms with Crippen molar-refractivity contribution >= 4 is 0 Å². The van der Waals surface area contributed by atoms with Crippen molar-refractivity contribution in [2.75, 3.05) is 6.54 Å². The minimum atomic E-state index is 0.454. The lowest BCUT2D eigenvalue weighted by Gasteiger charge is -2.30. The maximum Gasteiger partial charge on any atom is 0.126 e. The molecular formula is C14H25N3. The van der Waals surface area contributed by atoms with E-state index in [4.69, 9.17) is 0 Å². The van der Waals surface area contributed by atoms with Crippen molar-refractivity contribution < 1.29 is 0 Å². The van der Waals surface area contributed by atoms with Gasteiger partial charge in [0.1, 0.15) is 5.82 Å². The van der Waals surface area contributed by atoms with E-state index in [9.17, 15) is 0 Å². The summed E-state index contributed by atoms with van der Waals surface area (Å²) in [6, 6.07) is 0.454. The SMILES string of the molecule is CCNC(c1nccn1CC)C1CCCCC1. The van der Waals surface area contributed by atoms with E-state index in [1.165, 1.54) is 37.9 Å². The van der Waals surface area contributed by atoms with Gasteiger partial charge in [-0.3, -0.25) is 0 Å². The zero-order valence-corrected chi connectivity index (χ0v) is 11.2. The summed E-state index contributed by atoms with van der Waals surface area (Å²) < 4.78 is 2.28. The van der Waals surface area contributed by atoms with Gasteiger partial charge in [0, 0.05) is 18.9 Å². The summed E-state index contributed by atoms with van der Waals surface area (Å²) in [7, 11) is 0. The molecule has 3 heteroatoms. The molecule has 1 unspecified atom stereocenters. The fraction of sp³-hybridized carbons (Fsp3) is 0.786. The van der Waals surface area contributed by atoms with Crippen LogP contribution in [0.25, 0.3) is 0 Å². The van der Waals surface area contributed by atoms with Crippen molar-refractivity contribution in [2.45, 2.75) is 58.5 Å². The summed E-state index contributed by atoms with van der Waals surface area (Å²) in [5.41, 5.74) is 0. The van der Waals surface area contributed by atoms with Gasteiger partial charge in [-0.2, -0.15) is 0 Å². The van der Waals surface area contributed by atoms with Gasteiger partial charge in [-0.1, -0.05) is 26.2 Å². The molecule has 1 aliphatic rings. The van der Waals surface area contributed by atoms with Gasteiger partial charge in [-0.15, -0.1) is 0 Å². The molecule has 0 spiro atoms. The maximum atomic E-state index is 4.58. The Morgan fingerprint density at radius 3 is 2.76 bits per heavy atom. The first kappa shape index (κ1) is 12.6. The minimum absolute atomic E-state index is 0.454. The standard InChI is InChI=1S/C14H25N3/c1-3-15-13(12-8-6-5-7-9-12)14-16-10-11-17(14)4-2/h10-13,15H,3-9H2,1-2H3. The quantitative estimate of drug-likeness (QED) is 0.849. The Hall–Kier alpha value is -0.830. The molecule has 1 aliphatic carbocycles. The van der Waals surface area contributed by atoms with Crippen LogP contribution in [-0.2, 0) is 6.54 Å². The van der Waals surface area contributed by atoms with E-state index in [1.54, 1.807) is 0 Å². The Labute approximate surface area is 105 Å². The molecule has 1 heterocycles. The second-order valence-corrected chi connectivity index (χ2v) is 5.00. The summed E-state index contributed by atoms with van der Waals surface area (Å²) in [6.45, 7) is 6.42. The molecule has 1 aromatic rings. The van der Waals surface area contributed by atoms with E-state index < -0.39 is 0 Å². The highest BCUT2D eigenvalue weighted by atomic mass is 15.1. The third-order valence-corrected chi connectivity index (χ3v) is 3.91. The topological polar surface area (TPSA) is 29.9 Å². The smallest absolute Gasteiger partial charge is 0.126 e. The molecule has 96 valence electrons. The Morgan fingerprint density at radius 2 is 2.12 bits per heavy atom. The monoisotopic (exact) mass is 235 g/mol. The average molecular weight is 235 g/mol. The number of hydrogen-bond acceptors (Lipinski definition) is 2. The Bertz CT molecular complexity index is 326. The fourth-order valence-corrected chi connectivity index (χ4v) is 3.02. The lowest BCUT2D eigenvalue weighted by molar-refractivity contribution is 0.262. The molecular weight excluding hydrogens is 210 g/mol. The number of rotatable bonds is 5. The summed E-state index contributed by atoms with van der Waals surface area (Å²) in [6.07, 6.45) is 10.9. The van der Waals surface area contributed by atoms with Crippen molar-refractivity contribution in [2.24, 2.45) is 5.92 Å². The van der Waals surface area contributed by atoms with Crippen LogP contribution in [-0.4, -0.2) is 16.1 Å². The molecule has 1 fully saturated rings. The molecule has 2 rings (SSSR count). The third-order valence-electron chi connectivity index (χ3n) is 3.91. The van der Waals surface area contributed by atoms with Crippen LogP contribution in [0.2, 0.25) is 0 Å². The van der Waals surface area contributed by atoms with Crippen LogP contribution in [0.15, 0.2) is 12.4 Å². The molecule has 17 heavy (non-hydrogen) atoms. The summed E-state index contributed by atoms with van der Waals surface area (Å²) in [5.74, 6) is 2.01. The second kappa shape index (κ2) is 6.20. The van der Waals surface area contributed by atoms with Gasteiger partial charge in [-0.25, -0.2) is 4.98 Å². The molecule has 0 aliphatic heterocycles. The van der Waals surface area contributed by atoms with Crippen LogP contribution in [0.3, 0.4) is 0 Å². The van der Waals surface area contributed by atoms with Crippen LogP contribution in [0, 0.1) is 5.92 Å². The van der Waals surface area contributed by atoms with Crippen LogP contribution in [0.1, 0.15) is 57.8 Å². The lowest BCUT2D eigenvalue weighted by atomic mass is 9.83. The molecule has 3 nitrogen and oxygen atoms in total. The van der Waals surface area contributed by atoms with E-state index in [2.05, 4.69) is 34.9 Å². The van der Waals surface area contributed by atoms with Gasteiger partial charge in [0.25, 0.3) is 0 Å². The van der Waals surface area contributed by atoms with E-state index >= 15 is 0 Å². The van der Waals surface area contributed by atoms with Gasteiger partial charge in [-0.05, 0) is 32.2 Å². The molecule has 0 aromatic carbocycles. The molecule has 1 aromatic heterocycles. The predicted octanol–water partition coefficient (Wildman–Crippen LogP) is 3.13. The van der Waals surface area contributed by atoms with Gasteiger partial charge in [0.05, 0.1) is 6.04 Å². The van der Waals surface area contributed by atoms with Crippen molar-refractivity contribution in [3.63, 3.8) is 0 Å². The summed E-state index contributed by atoms with van der Waals surface area (Å²) >= 11 is 0. The van der Waals surface area contributed by atoms with Gasteiger partial charge in [0.2, 0.25) is 0 Å². The van der Waals surface area contributed by atoms with Crippen LogP contribution < -0.4 is 5.32 Å². The largest absolute Gasteiger partial charge is 0.334 e. The Morgan fingerprint density at radius 1 is 1.35 bits per heavy atom. The highest BCUT2D eigenvalue weighted by molar-refractivity contribution is 5.02. The summed E-state index contributed by atoms with van der Waals surface area (Å²) in [5, 5.41) is 3.65. The van der Waals surface area contributed by atoms with Crippen molar-refractivity contribution in [3.8, 4) is 0 Å². The second-order valence-electron chi connectivity index (χ2n) is 5.00. The van der Waals surface area contributed by atoms with E-state index in [1.807, 2.05) is 6.20 Å². The molecule has 1 atom stereocenters. The van der Waals surface area contributed by atoms with Crippen molar-refractivity contribution in [3.05, 3.63) is 18.2 Å². The van der Waals surface area contributed by atoms with Crippen LogP contribution in [0.4, 0.5) is 0 Å². The fourth-order valence-electron chi connectivity index (χ4n) is 3.02. The first-order chi connectivity index (χ1) is 8.36. The number of hydrogen-bond donors (Lipinski definition) is 1. The molecule has 1 saturated carbocycles. The van der Waals surface area contributed by atoms with Crippen molar-refractivity contribution in [1.29, 1.82) is 0 Å². The molecule has 1 N–H and O–H groups in total. The normalized spacial score (nSPS) is 19.4. The van der Waals surface area contributed by atoms with Crippen molar-refractivity contribution in [1.82, 2.24) is 14.9 Å². The summed E-state index contributed by atoms with van der Waals surface area (Å²) in [4.78, 5) is 4.58. The molecule has 0 radical (unpaired) electrons. The number of nitrogens with one attached hydrogen (secondary N) is 1. The zero-order valence-electron chi connectivity index (χ0n) is 11.2. The molecule has 0 bridgehead atoms. The first-order valence-corrected chi connectivity index (χ1v) is 7.11. The van der Waals surface area contributed by atoms with Gasteiger partial charge < -0.3 is 9.88 Å². The Balaban J connectivity index is 2.15. The third kappa shape index (κ3) is 2.89. The van der Waals surface area contributed by atoms with E-state index in [0.717, 1.165) is 19.0 Å². The molecule has 0 saturated heterocycles. The minimum Gasteiger partial charge on any atom is -0.334 e. The Kier molecular flexibility index (Phi) is 4.60. The van der Waals surface area contributed by atoms with E-state index in [0.29, 0.717) is 6.04 Å². The molecule has 0 amide bonds. The predicted molar refractivity (Wildman–Crippen MR) is 70.9 cm³/mol. The van der Waals surface area contributed by atoms with E-state index in [-0.39, 0.29) is 0 Å². The van der Waals surface area contributed by atoms with Gasteiger partial charge in [0.15, 0.2) is 0 Å². The van der Waals surface area contributed by atoms with Gasteiger partial charge >= 0.3 is 0 Å². The van der Waals surface area contributed by atoms with Crippen LogP contribution >= 0.6 is 0 Å². The highest BCUT2D eigenvalue weighted by Gasteiger charge is 2.27. The zero-order chi connectivity index (χ0) is 12.1. The number of aryl methyl sites for hydroxylation is 1.